The van der Waals surface area contributed by atoms with Crippen LogP contribution in [-0.2, 0) is 24.2 Å². The number of hydrogen-bond acceptors (Lipinski definition) is 6. The van der Waals surface area contributed by atoms with Crippen molar-refractivity contribution in [3.63, 3.8) is 0 Å². The zero-order chi connectivity index (χ0) is 21.0. The monoisotopic (exact) mass is 433 g/mol. The lowest BCUT2D eigenvalue weighted by molar-refractivity contribution is 0.0342. The Morgan fingerprint density at radius 2 is 1.77 bits per heavy atom. The number of morpholine rings is 1. The minimum absolute atomic E-state index is 0.552. The van der Waals surface area contributed by atoms with E-state index in [1.165, 1.54) is 20.9 Å². The fraction of sp³-hybridized carbons (Fsp3) is 0.333. The number of thioether (sulfide) groups is 1. The van der Waals surface area contributed by atoms with E-state index in [9.17, 15) is 0 Å². The number of ether oxygens (including phenoxy) is 1. The van der Waals surface area contributed by atoms with Crippen LogP contribution in [0.2, 0.25) is 0 Å². The Labute approximate surface area is 187 Å². The molecular weight excluding hydrogens is 406 g/mol. The van der Waals surface area contributed by atoms with Gasteiger partial charge in [-0.3, -0.25) is 9.47 Å². The lowest BCUT2D eigenvalue weighted by Gasteiger charge is -2.26. The Kier molecular flexibility index (Phi) is 6.18. The first-order valence-electron chi connectivity index (χ1n) is 10.8. The summed E-state index contributed by atoms with van der Waals surface area (Å²) in [6.45, 7) is 5.16. The molecule has 5 rings (SSSR count). The van der Waals surface area contributed by atoms with Gasteiger partial charge in [0, 0.05) is 54.2 Å². The molecule has 31 heavy (non-hydrogen) atoms. The van der Waals surface area contributed by atoms with Gasteiger partial charge in [0.25, 0.3) is 0 Å². The summed E-state index contributed by atoms with van der Waals surface area (Å²) in [5, 5.41) is 8.94. The number of hydrogen-bond donors (Lipinski definition) is 1. The van der Waals surface area contributed by atoms with Crippen LogP contribution in [0.5, 0.6) is 0 Å². The quantitative estimate of drug-likeness (QED) is 0.638. The van der Waals surface area contributed by atoms with Gasteiger partial charge in [0.15, 0.2) is 5.82 Å². The van der Waals surface area contributed by atoms with Crippen molar-refractivity contribution in [3.8, 4) is 11.4 Å². The zero-order valence-electron chi connectivity index (χ0n) is 17.5. The minimum Gasteiger partial charge on any atom is -0.379 e. The van der Waals surface area contributed by atoms with E-state index in [-0.39, 0.29) is 0 Å². The van der Waals surface area contributed by atoms with Crippen LogP contribution >= 0.6 is 11.8 Å². The maximum Gasteiger partial charge on any atom is 0.168 e. The molecule has 6 nitrogen and oxygen atoms in total. The van der Waals surface area contributed by atoms with Crippen LogP contribution in [-0.4, -0.2) is 46.0 Å². The molecule has 1 fully saturated rings. The molecule has 160 valence electrons. The number of benzene rings is 2. The summed E-state index contributed by atoms with van der Waals surface area (Å²) >= 11 is 1.80. The van der Waals surface area contributed by atoms with Gasteiger partial charge in [-0.05, 0) is 23.6 Å². The highest BCUT2D eigenvalue weighted by molar-refractivity contribution is 8.03. The summed E-state index contributed by atoms with van der Waals surface area (Å²) in [6, 6.07) is 17.1. The van der Waals surface area contributed by atoms with Crippen LogP contribution < -0.4 is 5.73 Å². The molecule has 0 unspecified atom stereocenters. The highest BCUT2D eigenvalue weighted by Crippen LogP contribution is 2.36. The second-order valence-corrected chi connectivity index (χ2v) is 9.07. The van der Waals surface area contributed by atoms with Crippen molar-refractivity contribution >= 4 is 18.0 Å². The first-order chi connectivity index (χ1) is 15.3. The van der Waals surface area contributed by atoms with E-state index in [0.29, 0.717) is 6.54 Å². The summed E-state index contributed by atoms with van der Waals surface area (Å²) in [5.74, 6) is 1.92. The third-order valence-corrected chi connectivity index (χ3v) is 6.98. The SMILES string of the molecule is NCc1ccccc1SC1=Cn2c(nnc2-c2ccc(CN3CCOCC3)cc2)CC1. The summed E-state index contributed by atoms with van der Waals surface area (Å²) < 4.78 is 7.59. The molecule has 2 aliphatic heterocycles. The number of rotatable bonds is 6. The molecule has 0 aliphatic carbocycles. The maximum atomic E-state index is 5.92. The Morgan fingerprint density at radius 3 is 2.58 bits per heavy atom. The molecule has 2 aliphatic rings. The summed E-state index contributed by atoms with van der Waals surface area (Å²) in [5.41, 5.74) is 9.51. The average molecular weight is 434 g/mol. The predicted molar refractivity (Wildman–Crippen MR) is 124 cm³/mol. The fourth-order valence-corrected chi connectivity index (χ4v) is 5.11. The third kappa shape index (κ3) is 4.60. The molecule has 0 radical (unpaired) electrons. The van der Waals surface area contributed by atoms with E-state index in [2.05, 4.69) is 68.3 Å². The van der Waals surface area contributed by atoms with E-state index in [1.54, 1.807) is 11.8 Å². The molecule has 3 heterocycles. The standard InChI is InChI=1S/C24H27N5OS/c25-15-20-3-1-2-4-22(20)31-21-9-10-23-26-27-24(29(23)17-21)19-7-5-18(6-8-19)16-28-11-13-30-14-12-28/h1-8,17H,9-16,25H2. The number of nitrogens with two attached hydrogens (primary N) is 1. The van der Waals surface area contributed by atoms with Gasteiger partial charge in [-0.2, -0.15) is 0 Å². The first-order valence-corrected chi connectivity index (χ1v) is 11.6. The molecular formula is C24H27N5OS. The lowest BCUT2D eigenvalue weighted by atomic mass is 10.1. The van der Waals surface area contributed by atoms with E-state index < -0.39 is 0 Å². The van der Waals surface area contributed by atoms with Gasteiger partial charge in [0.2, 0.25) is 0 Å². The molecule has 1 aromatic heterocycles. The molecule has 0 amide bonds. The van der Waals surface area contributed by atoms with E-state index in [4.69, 9.17) is 10.5 Å². The molecule has 3 aromatic rings. The molecule has 0 bridgehead atoms. The summed E-state index contributed by atoms with van der Waals surface area (Å²) in [4.78, 5) is 4.96. The van der Waals surface area contributed by atoms with Gasteiger partial charge >= 0.3 is 0 Å². The Bertz CT molecular complexity index is 1070. The maximum absolute atomic E-state index is 5.92. The highest BCUT2D eigenvalue weighted by atomic mass is 32.2. The second kappa shape index (κ2) is 9.36. The predicted octanol–water partition coefficient (Wildman–Crippen LogP) is 3.77. The normalized spacial score (nSPS) is 16.7. The fourth-order valence-electron chi connectivity index (χ4n) is 4.04. The molecule has 1 saturated heterocycles. The van der Waals surface area contributed by atoms with Crippen molar-refractivity contribution in [1.82, 2.24) is 19.7 Å². The number of fused-ring (bicyclic) bond motifs is 1. The first kappa shape index (κ1) is 20.5. The van der Waals surface area contributed by atoms with E-state index in [0.717, 1.165) is 62.9 Å². The van der Waals surface area contributed by atoms with Gasteiger partial charge in [0.05, 0.1) is 13.2 Å². The van der Waals surface area contributed by atoms with Crippen molar-refractivity contribution in [2.45, 2.75) is 30.8 Å². The number of aromatic nitrogens is 3. The van der Waals surface area contributed by atoms with Crippen molar-refractivity contribution in [3.05, 3.63) is 70.4 Å². The van der Waals surface area contributed by atoms with Crippen LogP contribution in [0.1, 0.15) is 23.4 Å². The molecule has 2 aromatic carbocycles. The van der Waals surface area contributed by atoms with Gasteiger partial charge in [-0.15, -0.1) is 10.2 Å². The van der Waals surface area contributed by atoms with Crippen molar-refractivity contribution in [2.75, 3.05) is 26.3 Å². The minimum atomic E-state index is 0.552. The average Bonchev–Trinajstić information content (AvgIpc) is 3.24. The number of aryl methyl sites for hydroxylation is 1. The summed E-state index contributed by atoms with van der Waals surface area (Å²) in [6.07, 6.45) is 4.06. The number of nitrogens with zero attached hydrogens (tertiary/aromatic N) is 4. The van der Waals surface area contributed by atoms with E-state index >= 15 is 0 Å². The molecule has 0 atom stereocenters. The molecule has 7 heteroatoms. The van der Waals surface area contributed by atoms with Gasteiger partial charge in [0.1, 0.15) is 5.82 Å². The zero-order valence-corrected chi connectivity index (χ0v) is 18.4. The van der Waals surface area contributed by atoms with Crippen LogP contribution in [0.25, 0.3) is 17.6 Å². The topological polar surface area (TPSA) is 69.2 Å². The van der Waals surface area contributed by atoms with E-state index in [1.807, 2.05) is 6.07 Å². The Morgan fingerprint density at radius 1 is 0.968 bits per heavy atom. The second-order valence-electron chi connectivity index (χ2n) is 7.90. The largest absolute Gasteiger partial charge is 0.379 e. The van der Waals surface area contributed by atoms with Gasteiger partial charge in [-0.25, -0.2) is 0 Å². The Balaban J connectivity index is 1.35. The Hall–Kier alpha value is -2.45. The summed E-state index contributed by atoms with van der Waals surface area (Å²) in [7, 11) is 0. The van der Waals surface area contributed by atoms with Crippen molar-refractivity contribution < 1.29 is 4.74 Å². The van der Waals surface area contributed by atoms with Crippen LogP contribution in [0.4, 0.5) is 0 Å². The number of allylic oxidation sites excluding steroid dienone is 1. The lowest BCUT2D eigenvalue weighted by Crippen LogP contribution is -2.35. The van der Waals surface area contributed by atoms with Gasteiger partial charge in [-0.1, -0.05) is 54.2 Å². The molecule has 0 saturated carbocycles. The van der Waals surface area contributed by atoms with Gasteiger partial charge < -0.3 is 10.5 Å². The third-order valence-electron chi connectivity index (χ3n) is 5.79. The van der Waals surface area contributed by atoms with Crippen molar-refractivity contribution in [1.29, 1.82) is 0 Å². The van der Waals surface area contributed by atoms with Crippen LogP contribution in [0, 0.1) is 0 Å². The smallest absolute Gasteiger partial charge is 0.168 e. The molecule has 2 N–H and O–H groups in total. The van der Waals surface area contributed by atoms with Crippen molar-refractivity contribution in [2.24, 2.45) is 5.73 Å². The highest BCUT2D eigenvalue weighted by Gasteiger charge is 2.19. The van der Waals surface area contributed by atoms with Crippen LogP contribution in [0.15, 0.2) is 58.3 Å². The van der Waals surface area contributed by atoms with Crippen LogP contribution in [0.3, 0.4) is 0 Å². The molecule has 0 spiro atoms.